The predicted octanol–water partition coefficient (Wildman–Crippen LogP) is 4.86. The van der Waals surface area contributed by atoms with E-state index in [0.717, 1.165) is 36.7 Å². The summed E-state index contributed by atoms with van der Waals surface area (Å²) in [6.07, 6.45) is 12.3. The third kappa shape index (κ3) is 55.4. The molecule has 0 spiro atoms. The Labute approximate surface area is 563 Å². The number of hydrogen-bond donors (Lipinski definition) is 4. The SMILES string of the molecule is C.C.C.NC(CCCCNC(=O)COCCOCCCC(=O)COCCOCCCC(=O)CCN1C(=O)C=CC1=O)C(=O)P=S.NC(CCCCNC(=O)COCCOCCCC(=O)COCCOCCCC(=O)CCN1C(=O)C=CC1=O)C(=O)P=S.S=PP=S. The molecule has 6 N–H and O–H groups in total. The molecule has 0 radical (unpaired) electrons. The lowest BCUT2D eigenvalue weighted by atomic mass is 10.1. The molecule has 0 saturated heterocycles. The Hall–Kier alpha value is -3.60. The van der Waals surface area contributed by atoms with Crippen LogP contribution in [0.25, 0.3) is 0 Å². The molecule has 2 heterocycles. The van der Waals surface area contributed by atoms with Crippen molar-refractivity contribution in [2.24, 2.45) is 11.5 Å². The van der Waals surface area contributed by atoms with Crippen molar-refractivity contribution >= 4 is 146 Å². The molecular weight excluding hydrogens is 1340 g/mol. The molecule has 2 aliphatic rings. The first kappa shape index (κ1) is 93.8. The van der Waals surface area contributed by atoms with Gasteiger partial charge in [0.1, 0.15) is 38.0 Å². The minimum Gasteiger partial charge on any atom is -0.379 e. The zero-order chi connectivity index (χ0) is 65.4. The fraction of sp³-hybridized carbons (Fsp3) is 0.719. The van der Waals surface area contributed by atoms with E-state index in [-0.39, 0.29) is 162 Å². The van der Waals surface area contributed by atoms with E-state index in [0.29, 0.717) is 143 Å². The summed E-state index contributed by atoms with van der Waals surface area (Å²) >= 11 is 18.1. The van der Waals surface area contributed by atoms with Gasteiger partial charge in [0, 0.05) is 130 Å². The van der Waals surface area contributed by atoms with Crippen LogP contribution in [-0.4, -0.2) is 223 Å². The molecule has 91 heavy (non-hydrogen) atoms. The summed E-state index contributed by atoms with van der Waals surface area (Å²) in [5.41, 5.74) is 11.1. The van der Waals surface area contributed by atoms with Crippen LogP contribution in [0.3, 0.4) is 0 Å². The summed E-state index contributed by atoms with van der Waals surface area (Å²) in [6.45, 7) is 4.75. The molecule has 0 bridgehead atoms. The number of nitrogens with zero attached hydrogens (tertiary/aromatic N) is 2. The van der Waals surface area contributed by atoms with E-state index in [1.165, 1.54) is 24.3 Å². The highest BCUT2D eigenvalue weighted by Gasteiger charge is 2.25. The normalized spacial score (nSPS) is 12.9. The van der Waals surface area contributed by atoms with E-state index in [1.807, 2.05) is 0 Å². The highest BCUT2D eigenvalue weighted by Crippen LogP contribution is 2.11. The Morgan fingerprint density at radius 2 is 0.659 bits per heavy atom. The molecule has 26 nitrogen and oxygen atoms in total. The van der Waals surface area contributed by atoms with Crippen LogP contribution in [0.1, 0.15) is 125 Å². The van der Waals surface area contributed by atoms with Crippen LogP contribution in [0.5, 0.6) is 0 Å². The van der Waals surface area contributed by atoms with Crippen molar-refractivity contribution in [2.45, 2.75) is 137 Å². The van der Waals surface area contributed by atoms with Crippen molar-refractivity contribution in [2.75, 3.05) is 132 Å². The Bertz CT molecular complexity index is 2090. The number of carbonyl (C=O) groups is 12. The summed E-state index contributed by atoms with van der Waals surface area (Å²) < 4.78 is 42.7. The zero-order valence-corrected chi connectivity index (χ0v) is 56.4. The van der Waals surface area contributed by atoms with Gasteiger partial charge in [-0.25, -0.2) is 0 Å². The van der Waals surface area contributed by atoms with E-state index in [2.05, 4.69) is 57.9 Å². The minimum atomic E-state index is -0.538. The van der Waals surface area contributed by atoms with E-state index < -0.39 is 35.7 Å². The van der Waals surface area contributed by atoms with Gasteiger partial charge < -0.3 is 60.0 Å². The monoisotopic (exact) mass is 1440 g/mol. The van der Waals surface area contributed by atoms with E-state index >= 15 is 0 Å². The molecule has 2 aliphatic heterocycles. The van der Waals surface area contributed by atoms with Crippen LogP contribution in [0.15, 0.2) is 24.3 Å². The Kier molecular flexibility index (Phi) is 67.1. The second-order valence-electron chi connectivity index (χ2n) is 19.0. The van der Waals surface area contributed by atoms with Gasteiger partial charge in [0.25, 0.3) is 23.6 Å². The summed E-state index contributed by atoms with van der Waals surface area (Å²) in [7, 11) is 2.24. The molecule has 2 atom stereocenters. The Balaban J connectivity index is -0.000000761. The number of Topliss-reactive ketones (excluding diaryl/α,β-unsaturated/α-hetero) is 4. The number of rotatable bonds is 57. The maximum atomic E-state index is 11.9. The lowest BCUT2D eigenvalue weighted by Crippen LogP contribution is -2.32. The second-order valence-corrected chi connectivity index (χ2v) is 25.6. The largest absolute Gasteiger partial charge is 0.379 e. The van der Waals surface area contributed by atoms with E-state index in [9.17, 15) is 57.5 Å². The van der Waals surface area contributed by atoms with Crippen LogP contribution in [0, 0.1) is 0 Å². The number of imide groups is 2. The lowest BCUT2D eigenvalue weighted by molar-refractivity contribution is -0.139. The maximum Gasteiger partial charge on any atom is 0.253 e. The van der Waals surface area contributed by atoms with Crippen molar-refractivity contribution in [3.63, 3.8) is 0 Å². The van der Waals surface area contributed by atoms with Gasteiger partial charge in [-0.3, -0.25) is 67.3 Å². The predicted molar refractivity (Wildman–Crippen MR) is 361 cm³/mol. The van der Waals surface area contributed by atoms with E-state index in [1.54, 1.807) is 0 Å². The topological polar surface area (TPSA) is 361 Å². The molecule has 0 aliphatic carbocycles. The van der Waals surface area contributed by atoms with Gasteiger partial charge in [0.2, 0.25) is 22.9 Å². The molecule has 0 aromatic heterocycles. The Morgan fingerprint density at radius 3 is 0.945 bits per heavy atom. The second kappa shape index (κ2) is 65.1. The van der Waals surface area contributed by atoms with Crippen LogP contribution in [-0.2, 0) is 143 Å². The van der Waals surface area contributed by atoms with Crippen molar-refractivity contribution in [3.05, 3.63) is 24.3 Å². The number of hydrogen-bond acceptors (Lipinski definition) is 26. The van der Waals surface area contributed by atoms with Gasteiger partial charge in [-0.1, -0.05) is 22.3 Å². The standard InChI is InChI=1S/2C27H42N3O10PS.3CH4.P2S2/c2*28-23(27(36)41-42)7-1-2-11-29-24(33)20-40-18-16-38-14-4-6-22(32)19-39-17-15-37-13-3-5-21(31)10-12-30-25(34)8-9-26(30)35;;;;3-1-2-4/h2*8-9,23H,1-7,10-20,28H2,(H,29,33);3*1H4;. The van der Waals surface area contributed by atoms with Gasteiger partial charge in [-0.2, -0.15) is 0 Å². The molecule has 0 fully saturated rings. The summed E-state index contributed by atoms with van der Waals surface area (Å²) in [5.74, 6) is -2.21. The molecule has 0 aromatic carbocycles. The van der Waals surface area contributed by atoms with Crippen LogP contribution in [0.4, 0.5) is 0 Å². The summed E-state index contributed by atoms with van der Waals surface area (Å²) in [5, 5.41) is 5.47. The number of ether oxygens (including phenoxy) is 8. The quantitative estimate of drug-likeness (QED) is 0.0359. The molecule has 0 saturated carbocycles. The molecule has 34 heteroatoms. The third-order valence-electron chi connectivity index (χ3n) is 11.9. The zero-order valence-electron chi connectivity index (χ0n) is 49.6. The first-order valence-corrected chi connectivity index (χ1v) is 36.9. The Morgan fingerprint density at radius 1 is 0.385 bits per heavy atom. The van der Waals surface area contributed by atoms with Crippen LogP contribution >= 0.6 is 28.8 Å². The molecule has 2 rings (SSSR count). The first-order valence-electron chi connectivity index (χ1n) is 28.6. The molecule has 0 aromatic rings. The van der Waals surface area contributed by atoms with Crippen molar-refractivity contribution in [1.82, 2.24) is 20.4 Å². The number of ketones is 4. The van der Waals surface area contributed by atoms with Gasteiger partial charge >= 0.3 is 0 Å². The number of amides is 6. The fourth-order valence-electron chi connectivity index (χ4n) is 7.16. The van der Waals surface area contributed by atoms with Gasteiger partial charge in [0.15, 0.2) is 11.6 Å². The molecule has 2 unspecified atom stereocenters. The molecule has 6 amide bonds. The highest BCUT2D eigenvalue weighted by atomic mass is 32.7. The smallest absolute Gasteiger partial charge is 0.253 e. The molecule has 518 valence electrons. The number of nitrogens with one attached hydrogen (secondary N) is 2. The average molecular weight is 1440 g/mol. The van der Waals surface area contributed by atoms with Crippen molar-refractivity contribution in [1.29, 1.82) is 0 Å². The maximum absolute atomic E-state index is 11.9. The average Bonchev–Trinajstić information content (AvgIpc) is 3.86. The number of unbranched alkanes of at least 4 members (excludes halogenated alkanes) is 2. The fourth-order valence-corrected chi connectivity index (χ4v) is 8.50. The first-order chi connectivity index (χ1) is 42.4. The van der Waals surface area contributed by atoms with Gasteiger partial charge in [-0.15, -0.1) is 0 Å². The third-order valence-corrected chi connectivity index (χ3v) is 16.6. The van der Waals surface area contributed by atoms with Gasteiger partial charge in [0.05, 0.1) is 79.7 Å². The van der Waals surface area contributed by atoms with Crippen molar-refractivity contribution in [3.8, 4) is 0 Å². The van der Waals surface area contributed by atoms with Gasteiger partial charge in [-0.05, 0) is 111 Å². The highest BCUT2D eigenvalue weighted by molar-refractivity contribution is 8.40. The number of carbonyl (C=O) groups excluding carboxylic acids is 12. The summed E-state index contributed by atoms with van der Waals surface area (Å²) in [4.78, 5) is 141. The lowest BCUT2D eigenvalue weighted by Gasteiger charge is -2.12. The van der Waals surface area contributed by atoms with E-state index in [4.69, 9.17) is 49.4 Å². The molecular formula is C57H96N6O20P4S4. The van der Waals surface area contributed by atoms with Crippen LogP contribution < -0.4 is 22.1 Å². The minimum absolute atomic E-state index is 0. The van der Waals surface area contributed by atoms with Crippen molar-refractivity contribution < 1.29 is 95.4 Å². The van der Waals surface area contributed by atoms with Crippen LogP contribution in [0.2, 0.25) is 0 Å². The summed E-state index contributed by atoms with van der Waals surface area (Å²) in [6, 6.07) is -1.08. The number of nitrogens with two attached hydrogens (primary N) is 2.